The van der Waals surface area contributed by atoms with E-state index in [0.29, 0.717) is 22.8 Å². The Labute approximate surface area is 170 Å². The van der Waals surface area contributed by atoms with Gasteiger partial charge in [-0.25, -0.2) is 23.4 Å². The van der Waals surface area contributed by atoms with Gasteiger partial charge in [-0.3, -0.25) is 0 Å². The Bertz CT molecular complexity index is 1140. The van der Waals surface area contributed by atoms with Gasteiger partial charge in [0, 0.05) is 18.1 Å². The Morgan fingerprint density at radius 1 is 1.10 bits per heavy atom. The number of nitrogen functional groups attached to an aromatic ring is 1. The van der Waals surface area contributed by atoms with Crippen molar-refractivity contribution in [3.05, 3.63) is 60.3 Å². The summed E-state index contributed by atoms with van der Waals surface area (Å²) in [5.74, 6) is 0.386. The number of anilines is 3. The average Bonchev–Trinajstić information content (AvgIpc) is 2.71. The van der Waals surface area contributed by atoms with Crippen molar-refractivity contribution in [2.45, 2.75) is 30.3 Å². The predicted molar refractivity (Wildman–Crippen MR) is 103 cm³/mol. The third-order valence-corrected chi connectivity index (χ3v) is 5.72. The molecule has 3 rings (SSSR count). The molecule has 2 aromatic heterocycles. The maximum Gasteiger partial charge on any atom is 0.501 e. The van der Waals surface area contributed by atoms with Crippen molar-refractivity contribution < 1.29 is 21.6 Å². The van der Waals surface area contributed by atoms with Gasteiger partial charge in [-0.05, 0) is 42.3 Å². The molecule has 8 nitrogen and oxygen atoms in total. The summed E-state index contributed by atoms with van der Waals surface area (Å²) in [5.41, 5.74) is 1.76. The zero-order valence-electron chi connectivity index (χ0n) is 15.7. The Morgan fingerprint density at radius 3 is 2.47 bits per heavy atom. The van der Waals surface area contributed by atoms with Crippen molar-refractivity contribution >= 4 is 27.3 Å². The second kappa shape index (κ2) is 8.22. The normalized spacial score (nSPS) is 12.0. The van der Waals surface area contributed by atoms with E-state index in [4.69, 9.17) is 5.73 Å². The van der Waals surface area contributed by atoms with Gasteiger partial charge in [0.25, 0.3) is 9.84 Å². The van der Waals surface area contributed by atoms with E-state index in [-0.39, 0.29) is 18.9 Å². The highest BCUT2D eigenvalue weighted by Crippen LogP contribution is 2.35. The van der Waals surface area contributed by atoms with Crippen LogP contribution >= 0.6 is 0 Å². The molecule has 0 aliphatic carbocycles. The smallest absolute Gasteiger partial charge is 0.368 e. The molecule has 0 spiro atoms. The van der Waals surface area contributed by atoms with Crippen LogP contribution in [0.5, 0.6) is 0 Å². The number of benzene rings is 1. The topological polar surface area (TPSA) is 115 Å². The van der Waals surface area contributed by atoms with Gasteiger partial charge in [0.15, 0.2) is 0 Å². The van der Waals surface area contributed by atoms with Gasteiger partial charge >= 0.3 is 5.51 Å². The lowest BCUT2D eigenvalue weighted by Crippen LogP contribution is -2.24. The summed E-state index contributed by atoms with van der Waals surface area (Å²) in [6, 6.07) is 6.52. The quantitative estimate of drug-likeness (QED) is 0.625. The molecule has 0 saturated heterocycles. The summed E-state index contributed by atoms with van der Waals surface area (Å²) in [4.78, 5) is 16.9. The number of aromatic nitrogens is 4. The Balaban J connectivity index is 2.13. The van der Waals surface area contributed by atoms with Crippen molar-refractivity contribution in [1.82, 2.24) is 19.9 Å². The first-order chi connectivity index (χ1) is 14.1. The molecule has 0 amide bonds. The summed E-state index contributed by atoms with van der Waals surface area (Å²) < 4.78 is 62.5. The number of rotatable bonds is 6. The van der Waals surface area contributed by atoms with E-state index in [1.807, 2.05) is 0 Å². The number of aryl methyl sites for hydroxylation is 1. The van der Waals surface area contributed by atoms with E-state index in [0.717, 1.165) is 12.1 Å². The molecule has 30 heavy (non-hydrogen) atoms. The molecule has 2 heterocycles. The first-order valence-electron chi connectivity index (χ1n) is 8.68. The van der Waals surface area contributed by atoms with E-state index in [1.54, 1.807) is 30.2 Å². The largest absolute Gasteiger partial charge is 0.501 e. The Hall–Kier alpha value is -3.28. The van der Waals surface area contributed by atoms with Crippen LogP contribution in [0.2, 0.25) is 0 Å². The van der Waals surface area contributed by atoms with Gasteiger partial charge in [-0.2, -0.15) is 18.2 Å². The van der Waals surface area contributed by atoms with E-state index >= 15 is 0 Å². The SMILES string of the molecule is CCc1cc(S(=O)(=O)C(F)(F)F)ccc1N(Cc1ccncn1)c1ccnc(N)n1. The molecule has 0 radical (unpaired) electrons. The van der Waals surface area contributed by atoms with Crippen molar-refractivity contribution in [3.8, 4) is 0 Å². The standard InChI is InChI=1S/C18H17F3N6O2S/c1-2-12-9-14(30(28,29)18(19,20)21)3-4-15(12)27(10-13-5-7-23-11-25-13)16-6-8-24-17(22)26-16/h3-9,11H,2,10H2,1H3,(H2,22,24,26). The second-order valence-electron chi connectivity index (χ2n) is 6.15. The van der Waals surface area contributed by atoms with E-state index < -0.39 is 20.2 Å². The third-order valence-electron chi connectivity index (χ3n) is 4.24. The summed E-state index contributed by atoms with van der Waals surface area (Å²) in [5, 5.41) is 0. The van der Waals surface area contributed by atoms with Crippen LogP contribution in [-0.2, 0) is 22.8 Å². The number of hydrogen-bond acceptors (Lipinski definition) is 8. The highest BCUT2D eigenvalue weighted by molar-refractivity contribution is 7.92. The maximum atomic E-state index is 13.0. The van der Waals surface area contributed by atoms with Gasteiger partial charge in [0.2, 0.25) is 5.95 Å². The highest BCUT2D eigenvalue weighted by atomic mass is 32.2. The van der Waals surface area contributed by atoms with Crippen LogP contribution in [-0.4, -0.2) is 33.9 Å². The summed E-state index contributed by atoms with van der Waals surface area (Å²) in [6.07, 6.45) is 4.63. The van der Waals surface area contributed by atoms with Gasteiger partial charge in [0.1, 0.15) is 12.1 Å². The van der Waals surface area contributed by atoms with Crippen molar-refractivity contribution in [1.29, 1.82) is 0 Å². The minimum Gasteiger partial charge on any atom is -0.368 e. The first kappa shape index (κ1) is 21.4. The first-order valence-corrected chi connectivity index (χ1v) is 10.2. The molecule has 0 unspecified atom stereocenters. The van der Waals surface area contributed by atoms with Crippen LogP contribution in [0.15, 0.2) is 53.9 Å². The molecule has 3 aromatic rings. The van der Waals surface area contributed by atoms with Gasteiger partial charge in [-0.1, -0.05) is 6.92 Å². The molecule has 158 valence electrons. The molecule has 0 atom stereocenters. The molecule has 0 saturated carbocycles. The number of halogens is 3. The third kappa shape index (κ3) is 4.32. The van der Waals surface area contributed by atoms with Crippen LogP contribution in [0, 0.1) is 0 Å². The lowest BCUT2D eigenvalue weighted by Gasteiger charge is -2.26. The summed E-state index contributed by atoms with van der Waals surface area (Å²) in [7, 11) is -5.47. The molecule has 0 fully saturated rings. The fourth-order valence-corrected chi connectivity index (χ4v) is 3.60. The number of alkyl halides is 3. The minimum atomic E-state index is -5.47. The van der Waals surface area contributed by atoms with Crippen LogP contribution in [0.1, 0.15) is 18.2 Å². The minimum absolute atomic E-state index is 0.00880. The Morgan fingerprint density at radius 2 is 1.87 bits per heavy atom. The lowest BCUT2D eigenvalue weighted by molar-refractivity contribution is -0.0436. The second-order valence-corrected chi connectivity index (χ2v) is 8.09. The van der Waals surface area contributed by atoms with E-state index in [2.05, 4.69) is 19.9 Å². The Kier molecular flexibility index (Phi) is 5.87. The monoisotopic (exact) mass is 438 g/mol. The van der Waals surface area contributed by atoms with Crippen LogP contribution in [0.4, 0.5) is 30.6 Å². The highest BCUT2D eigenvalue weighted by Gasteiger charge is 2.47. The molecule has 0 bridgehead atoms. The molecule has 1 aromatic carbocycles. The van der Waals surface area contributed by atoms with Crippen LogP contribution < -0.4 is 10.6 Å². The zero-order valence-corrected chi connectivity index (χ0v) is 16.5. The molecule has 0 aliphatic heterocycles. The van der Waals surface area contributed by atoms with E-state index in [9.17, 15) is 21.6 Å². The van der Waals surface area contributed by atoms with Crippen LogP contribution in [0.25, 0.3) is 0 Å². The lowest BCUT2D eigenvalue weighted by atomic mass is 10.1. The number of hydrogen-bond donors (Lipinski definition) is 1. The molecular weight excluding hydrogens is 421 g/mol. The summed E-state index contributed by atoms with van der Waals surface area (Å²) in [6.45, 7) is 1.90. The number of nitrogens with zero attached hydrogens (tertiary/aromatic N) is 5. The molecular formula is C18H17F3N6O2S. The van der Waals surface area contributed by atoms with Crippen LogP contribution in [0.3, 0.4) is 0 Å². The van der Waals surface area contributed by atoms with Gasteiger partial charge in [0.05, 0.1) is 17.1 Å². The van der Waals surface area contributed by atoms with E-state index in [1.165, 1.54) is 18.6 Å². The fourth-order valence-electron chi connectivity index (χ4n) is 2.79. The fraction of sp³-hybridized carbons (Fsp3) is 0.222. The average molecular weight is 438 g/mol. The molecule has 12 heteroatoms. The van der Waals surface area contributed by atoms with Gasteiger partial charge < -0.3 is 10.6 Å². The van der Waals surface area contributed by atoms with Crippen molar-refractivity contribution in [2.75, 3.05) is 10.6 Å². The van der Waals surface area contributed by atoms with Crippen molar-refractivity contribution in [2.24, 2.45) is 0 Å². The zero-order chi connectivity index (χ0) is 21.9. The van der Waals surface area contributed by atoms with Crippen molar-refractivity contribution in [3.63, 3.8) is 0 Å². The number of nitrogens with two attached hydrogens (primary N) is 1. The molecule has 2 N–H and O–H groups in total. The summed E-state index contributed by atoms with van der Waals surface area (Å²) >= 11 is 0. The van der Waals surface area contributed by atoms with Gasteiger partial charge in [-0.15, -0.1) is 0 Å². The predicted octanol–water partition coefficient (Wildman–Crippen LogP) is 3.04. The maximum absolute atomic E-state index is 13.0. The number of sulfone groups is 1. The molecule has 0 aliphatic rings.